The zero-order valence-corrected chi connectivity index (χ0v) is 17.3. The smallest absolute Gasteiger partial charge is 0.262 e. The number of carbonyl (C=O) groups is 1. The first-order chi connectivity index (χ1) is 14.0. The fourth-order valence-corrected chi connectivity index (χ4v) is 5.14. The van der Waals surface area contributed by atoms with E-state index in [4.69, 9.17) is 20.2 Å². The summed E-state index contributed by atoms with van der Waals surface area (Å²) in [6, 6.07) is 5.48. The molecule has 4 rings (SSSR count). The van der Waals surface area contributed by atoms with Crippen LogP contribution in [0.3, 0.4) is 0 Å². The van der Waals surface area contributed by atoms with Gasteiger partial charge in [0.15, 0.2) is 11.5 Å². The van der Waals surface area contributed by atoms with Crippen LogP contribution in [0.4, 0.5) is 0 Å². The van der Waals surface area contributed by atoms with Crippen molar-refractivity contribution in [3.8, 4) is 22.9 Å². The van der Waals surface area contributed by atoms with Gasteiger partial charge in [-0.1, -0.05) is 0 Å². The van der Waals surface area contributed by atoms with Gasteiger partial charge < -0.3 is 15.2 Å². The first-order valence-corrected chi connectivity index (χ1v) is 10.4. The number of nitrogens with zero attached hydrogens (tertiary/aromatic N) is 2. The summed E-state index contributed by atoms with van der Waals surface area (Å²) < 4.78 is 12.4. The minimum atomic E-state index is -0.379. The van der Waals surface area contributed by atoms with Crippen molar-refractivity contribution in [2.24, 2.45) is 5.73 Å². The number of amides is 1. The molecule has 1 aliphatic carbocycles. The lowest BCUT2D eigenvalue weighted by Crippen LogP contribution is -2.24. The van der Waals surface area contributed by atoms with Crippen LogP contribution in [-0.2, 0) is 24.2 Å². The van der Waals surface area contributed by atoms with Crippen molar-refractivity contribution >= 4 is 27.5 Å². The molecule has 1 aromatic carbocycles. The van der Waals surface area contributed by atoms with Gasteiger partial charge in [0.05, 0.1) is 19.6 Å². The number of nitrogens with two attached hydrogens (primary N) is 1. The molecule has 2 aromatic heterocycles. The maximum Gasteiger partial charge on any atom is 0.262 e. The molecule has 8 heteroatoms. The van der Waals surface area contributed by atoms with Gasteiger partial charge >= 0.3 is 0 Å². The first kappa shape index (κ1) is 19.4. The molecule has 7 nitrogen and oxygen atoms in total. The van der Waals surface area contributed by atoms with Gasteiger partial charge in [0.25, 0.3) is 5.56 Å². The van der Waals surface area contributed by atoms with Crippen LogP contribution in [0.2, 0.25) is 0 Å². The maximum absolute atomic E-state index is 13.5. The number of ether oxygens (including phenoxy) is 2. The largest absolute Gasteiger partial charge is 0.493 e. The van der Waals surface area contributed by atoms with Crippen molar-refractivity contribution in [3.63, 3.8) is 0 Å². The third-order valence-electron chi connectivity index (χ3n) is 5.27. The van der Waals surface area contributed by atoms with E-state index in [1.54, 1.807) is 36.2 Å². The van der Waals surface area contributed by atoms with Crippen LogP contribution in [-0.4, -0.2) is 29.7 Å². The number of aromatic nitrogens is 2. The average molecular weight is 413 g/mol. The first-order valence-electron chi connectivity index (χ1n) is 9.59. The highest BCUT2D eigenvalue weighted by Gasteiger charge is 2.24. The molecule has 0 aliphatic heterocycles. The number of rotatable bonds is 7. The molecule has 152 valence electrons. The Labute approximate surface area is 172 Å². The molecule has 1 aliphatic rings. The van der Waals surface area contributed by atoms with E-state index in [2.05, 4.69) is 0 Å². The number of carbonyl (C=O) groups excluding carboxylic acids is 1. The van der Waals surface area contributed by atoms with Crippen LogP contribution < -0.4 is 20.8 Å². The monoisotopic (exact) mass is 413 g/mol. The lowest BCUT2D eigenvalue weighted by atomic mass is 10.1. The minimum Gasteiger partial charge on any atom is -0.493 e. The summed E-state index contributed by atoms with van der Waals surface area (Å²) in [5.41, 5.74) is 7.14. The Morgan fingerprint density at radius 1 is 1.24 bits per heavy atom. The highest BCUT2D eigenvalue weighted by molar-refractivity contribution is 7.18. The van der Waals surface area contributed by atoms with Crippen LogP contribution in [0, 0.1) is 0 Å². The Morgan fingerprint density at radius 3 is 2.76 bits per heavy atom. The van der Waals surface area contributed by atoms with Gasteiger partial charge in [-0.3, -0.25) is 14.2 Å². The van der Waals surface area contributed by atoms with Crippen LogP contribution in [0.25, 0.3) is 21.6 Å². The van der Waals surface area contributed by atoms with Crippen molar-refractivity contribution in [1.29, 1.82) is 0 Å². The third kappa shape index (κ3) is 3.48. The summed E-state index contributed by atoms with van der Waals surface area (Å²) in [5.74, 6) is 1.36. The van der Waals surface area contributed by atoms with Crippen molar-refractivity contribution in [2.45, 2.75) is 38.6 Å². The number of hydrogen-bond donors (Lipinski definition) is 1. The number of fused-ring (bicyclic) bond motifs is 3. The van der Waals surface area contributed by atoms with E-state index in [-0.39, 0.29) is 17.9 Å². The number of methoxy groups -OCH3 is 2. The highest BCUT2D eigenvalue weighted by atomic mass is 32.1. The summed E-state index contributed by atoms with van der Waals surface area (Å²) in [5, 5.41) is 0.728. The molecular weight excluding hydrogens is 390 g/mol. The predicted octanol–water partition coefficient (Wildman–Crippen LogP) is 2.90. The van der Waals surface area contributed by atoms with Crippen LogP contribution in [0.1, 0.15) is 29.7 Å². The van der Waals surface area contributed by atoms with Crippen LogP contribution in [0.5, 0.6) is 11.5 Å². The Morgan fingerprint density at radius 2 is 2.03 bits per heavy atom. The predicted molar refractivity (Wildman–Crippen MR) is 113 cm³/mol. The minimum absolute atomic E-state index is 0.0522. The van der Waals surface area contributed by atoms with Gasteiger partial charge in [0, 0.05) is 23.4 Å². The molecule has 1 amide bonds. The van der Waals surface area contributed by atoms with Gasteiger partial charge in [-0.15, -0.1) is 11.3 Å². The van der Waals surface area contributed by atoms with E-state index in [0.717, 1.165) is 40.6 Å². The Balaban J connectivity index is 1.89. The van der Waals surface area contributed by atoms with E-state index in [1.165, 1.54) is 4.88 Å². The molecule has 2 heterocycles. The van der Waals surface area contributed by atoms with E-state index in [1.807, 2.05) is 12.1 Å². The zero-order valence-electron chi connectivity index (χ0n) is 16.5. The molecule has 2 N–H and O–H groups in total. The summed E-state index contributed by atoms with van der Waals surface area (Å²) in [6.07, 6.45) is 3.70. The summed E-state index contributed by atoms with van der Waals surface area (Å²) in [4.78, 5) is 31.6. The Kier molecular flexibility index (Phi) is 5.27. The average Bonchev–Trinajstić information content (AvgIpc) is 3.29. The van der Waals surface area contributed by atoms with Gasteiger partial charge in [0.2, 0.25) is 5.91 Å². The Hall–Kier alpha value is -2.87. The Bertz CT molecular complexity index is 1150. The normalized spacial score (nSPS) is 12.9. The SMILES string of the molecule is COc1ccc(-c2nc3sc4c(c3c(=O)n2CCCC(N)=O)CCC4)cc1OC. The molecule has 29 heavy (non-hydrogen) atoms. The fraction of sp³-hybridized carbons (Fsp3) is 0.381. The second kappa shape index (κ2) is 7.87. The summed E-state index contributed by atoms with van der Waals surface area (Å²) in [7, 11) is 3.15. The van der Waals surface area contributed by atoms with Crippen molar-refractivity contribution in [2.75, 3.05) is 14.2 Å². The van der Waals surface area contributed by atoms with E-state index >= 15 is 0 Å². The number of aryl methyl sites for hydroxylation is 2. The number of thiophene rings is 1. The van der Waals surface area contributed by atoms with Crippen LogP contribution >= 0.6 is 11.3 Å². The van der Waals surface area contributed by atoms with Gasteiger partial charge in [-0.05, 0) is 49.4 Å². The molecule has 0 bridgehead atoms. The van der Waals surface area contributed by atoms with Crippen molar-refractivity contribution in [1.82, 2.24) is 9.55 Å². The van der Waals surface area contributed by atoms with E-state index in [0.29, 0.717) is 30.3 Å². The molecular formula is C21H23N3O4S. The number of benzene rings is 1. The molecule has 0 unspecified atom stereocenters. The molecule has 0 fully saturated rings. The lowest BCUT2D eigenvalue weighted by molar-refractivity contribution is -0.118. The van der Waals surface area contributed by atoms with Gasteiger partial charge in [-0.2, -0.15) is 0 Å². The summed E-state index contributed by atoms with van der Waals surface area (Å²) >= 11 is 1.61. The fourth-order valence-electron chi connectivity index (χ4n) is 3.89. The number of primary amides is 1. The van der Waals surface area contributed by atoms with Crippen molar-refractivity contribution in [3.05, 3.63) is 39.0 Å². The molecule has 0 atom stereocenters. The highest BCUT2D eigenvalue weighted by Crippen LogP contribution is 2.37. The molecule has 3 aromatic rings. The zero-order chi connectivity index (χ0) is 20.5. The van der Waals surface area contributed by atoms with Gasteiger partial charge in [-0.25, -0.2) is 4.98 Å². The lowest BCUT2D eigenvalue weighted by Gasteiger charge is -2.14. The third-order valence-corrected chi connectivity index (χ3v) is 6.46. The molecule has 0 saturated carbocycles. The second-order valence-electron chi connectivity index (χ2n) is 7.07. The van der Waals surface area contributed by atoms with Crippen molar-refractivity contribution < 1.29 is 14.3 Å². The standard InChI is InChI=1S/C21H23N3O4S/c1-27-14-9-8-12(11-15(14)28-2)19-23-20-18(13-5-3-6-16(13)29-20)21(26)24(19)10-4-7-17(22)25/h8-9,11H,3-7,10H2,1-2H3,(H2,22,25). The number of hydrogen-bond acceptors (Lipinski definition) is 6. The summed E-state index contributed by atoms with van der Waals surface area (Å²) in [6.45, 7) is 0.374. The van der Waals surface area contributed by atoms with Crippen LogP contribution in [0.15, 0.2) is 23.0 Å². The molecule has 0 spiro atoms. The molecule has 0 saturated heterocycles. The maximum atomic E-state index is 13.5. The quantitative estimate of drug-likeness (QED) is 0.642. The van der Waals surface area contributed by atoms with E-state index in [9.17, 15) is 9.59 Å². The molecule has 0 radical (unpaired) electrons. The second-order valence-corrected chi connectivity index (χ2v) is 8.15. The topological polar surface area (TPSA) is 96.4 Å². The van der Waals surface area contributed by atoms with E-state index < -0.39 is 0 Å². The van der Waals surface area contributed by atoms with Gasteiger partial charge in [0.1, 0.15) is 10.7 Å².